The van der Waals surface area contributed by atoms with E-state index in [2.05, 4.69) is 25.9 Å². The number of methoxy groups -OCH3 is 1. The fourth-order valence-electron chi connectivity index (χ4n) is 3.83. The van der Waals surface area contributed by atoms with Gasteiger partial charge in [-0.05, 0) is 25.0 Å². The molecule has 1 aromatic heterocycles. The van der Waals surface area contributed by atoms with Crippen molar-refractivity contribution >= 4 is 29.0 Å². The Labute approximate surface area is 186 Å². The van der Waals surface area contributed by atoms with Gasteiger partial charge >= 0.3 is 0 Å². The number of likely N-dealkylation sites (N-methyl/N-ethyl adjacent to an activating group) is 1. The molecular weight excluding hydrogens is 412 g/mol. The summed E-state index contributed by atoms with van der Waals surface area (Å²) >= 11 is 0. The Kier molecular flexibility index (Phi) is 6.69. The summed E-state index contributed by atoms with van der Waals surface area (Å²) in [5, 5.41) is 9.26. The van der Waals surface area contributed by atoms with E-state index in [0.29, 0.717) is 55.3 Å². The SMILES string of the molecule is COC1=CC=C2CC1OCCCCC(=O)N(C)CCNc1ncnc3c1/C(=C/N2)C(=O)N3. The third-order valence-corrected chi connectivity index (χ3v) is 5.67. The molecule has 3 heterocycles. The van der Waals surface area contributed by atoms with Crippen molar-refractivity contribution in [2.24, 2.45) is 0 Å². The van der Waals surface area contributed by atoms with Crippen molar-refractivity contribution in [2.45, 2.75) is 31.8 Å². The standard InChI is InChI=1S/C22H28N6O4/c1-28-9-8-23-20-19-15(22(30)27-21(19)26-13-25-20)12-24-14-6-7-16(31-2)17(11-14)32-10-4-3-5-18(28)29/h6-7,12-13,17,24H,3-5,8-11H2,1-2H3,(H2,23,25,26,27,30)/b15-12-. The second-order valence-electron chi connectivity index (χ2n) is 7.83. The molecule has 0 aromatic carbocycles. The zero-order chi connectivity index (χ0) is 22.5. The molecule has 2 bridgehead atoms. The highest BCUT2D eigenvalue weighted by Gasteiger charge is 2.30. The van der Waals surface area contributed by atoms with Gasteiger partial charge in [0.15, 0.2) is 0 Å². The number of nitrogens with one attached hydrogen (secondary N) is 3. The Morgan fingerprint density at radius 1 is 1.19 bits per heavy atom. The monoisotopic (exact) mass is 440 g/mol. The normalized spacial score (nSPS) is 23.8. The molecule has 1 unspecified atom stereocenters. The van der Waals surface area contributed by atoms with E-state index < -0.39 is 0 Å². The molecule has 10 nitrogen and oxygen atoms in total. The van der Waals surface area contributed by atoms with Crippen LogP contribution >= 0.6 is 0 Å². The number of aromatic nitrogens is 2. The quantitative estimate of drug-likeness (QED) is 0.603. The van der Waals surface area contributed by atoms with E-state index in [9.17, 15) is 9.59 Å². The minimum Gasteiger partial charge on any atom is -0.498 e. The summed E-state index contributed by atoms with van der Waals surface area (Å²) in [7, 11) is 3.41. The topological polar surface area (TPSA) is 118 Å². The van der Waals surface area contributed by atoms with Gasteiger partial charge in [-0.3, -0.25) is 9.59 Å². The molecule has 3 N–H and O–H groups in total. The lowest BCUT2D eigenvalue weighted by Crippen LogP contribution is -2.31. The first kappa shape index (κ1) is 21.8. The van der Waals surface area contributed by atoms with E-state index in [4.69, 9.17) is 9.47 Å². The van der Waals surface area contributed by atoms with Crippen LogP contribution in [0.25, 0.3) is 5.57 Å². The van der Waals surface area contributed by atoms with Gasteiger partial charge < -0.3 is 30.3 Å². The molecule has 2 amide bonds. The van der Waals surface area contributed by atoms with Crippen LogP contribution in [-0.2, 0) is 19.1 Å². The van der Waals surface area contributed by atoms with Gasteiger partial charge in [0.25, 0.3) is 5.91 Å². The lowest BCUT2D eigenvalue weighted by molar-refractivity contribution is -0.129. The van der Waals surface area contributed by atoms with E-state index >= 15 is 0 Å². The summed E-state index contributed by atoms with van der Waals surface area (Å²) in [4.78, 5) is 35.2. The third kappa shape index (κ3) is 4.75. The summed E-state index contributed by atoms with van der Waals surface area (Å²) in [5.74, 6) is 1.58. The second-order valence-corrected chi connectivity index (χ2v) is 7.83. The van der Waals surface area contributed by atoms with E-state index in [1.165, 1.54) is 6.33 Å². The molecule has 2 aliphatic heterocycles. The van der Waals surface area contributed by atoms with Gasteiger partial charge in [-0.25, -0.2) is 9.97 Å². The van der Waals surface area contributed by atoms with Crippen LogP contribution in [0.3, 0.4) is 0 Å². The number of ether oxygens (including phenoxy) is 2. The largest absolute Gasteiger partial charge is 0.498 e. The van der Waals surface area contributed by atoms with Gasteiger partial charge in [0.05, 0.1) is 18.2 Å². The summed E-state index contributed by atoms with van der Waals surface area (Å²) in [5.41, 5.74) is 1.94. The number of amides is 2. The van der Waals surface area contributed by atoms with Crippen molar-refractivity contribution < 1.29 is 19.1 Å². The van der Waals surface area contributed by atoms with Crippen molar-refractivity contribution in [3.05, 3.63) is 41.7 Å². The first-order chi connectivity index (χ1) is 15.6. The molecular formula is C22H28N6O4. The maximum Gasteiger partial charge on any atom is 0.259 e. The van der Waals surface area contributed by atoms with Crippen molar-refractivity contribution in [1.82, 2.24) is 20.2 Å². The van der Waals surface area contributed by atoms with Crippen LogP contribution in [0.5, 0.6) is 0 Å². The number of carbonyl (C=O) groups is 2. The number of nitrogens with zero attached hydrogens (tertiary/aromatic N) is 3. The van der Waals surface area contributed by atoms with Crippen LogP contribution in [-0.4, -0.2) is 66.6 Å². The van der Waals surface area contributed by atoms with Gasteiger partial charge in [-0.1, -0.05) is 0 Å². The van der Waals surface area contributed by atoms with Crippen LogP contribution in [0.2, 0.25) is 0 Å². The van der Waals surface area contributed by atoms with Crippen LogP contribution in [0.4, 0.5) is 11.6 Å². The fourth-order valence-corrected chi connectivity index (χ4v) is 3.83. The minimum atomic E-state index is -0.255. The van der Waals surface area contributed by atoms with Crippen molar-refractivity contribution in [3.8, 4) is 0 Å². The van der Waals surface area contributed by atoms with Gasteiger partial charge in [0.1, 0.15) is 29.8 Å². The smallest absolute Gasteiger partial charge is 0.259 e. The zero-order valence-corrected chi connectivity index (χ0v) is 18.3. The Morgan fingerprint density at radius 2 is 2.03 bits per heavy atom. The highest BCUT2D eigenvalue weighted by molar-refractivity contribution is 6.32. The van der Waals surface area contributed by atoms with Crippen molar-refractivity contribution in [2.75, 3.05) is 44.5 Å². The third-order valence-electron chi connectivity index (χ3n) is 5.67. The molecule has 0 saturated carbocycles. The number of hydrogen-bond donors (Lipinski definition) is 3. The fraction of sp³-hybridized carbons (Fsp3) is 0.455. The molecule has 1 aliphatic carbocycles. The minimum absolute atomic E-state index is 0.0859. The Hall–Kier alpha value is -3.40. The number of carbonyl (C=O) groups excluding carboxylic acids is 2. The maximum atomic E-state index is 12.6. The average Bonchev–Trinajstić information content (AvgIpc) is 3.12. The molecule has 1 aromatic rings. The van der Waals surface area contributed by atoms with Crippen LogP contribution in [0, 0.1) is 0 Å². The molecule has 10 heteroatoms. The molecule has 3 aliphatic rings. The average molecular weight is 441 g/mol. The Bertz CT molecular complexity index is 987. The molecule has 170 valence electrons. The summed E-state index contributed by atoms with van der Waals surface area (Å²) < 4.78 is 11.5. The number of hydrogen-bond acceptors (Lipinski definition) is 8. The number of allylic oxidation sites excluding steroid dienone is 2. The molecule has 0 saturated heterocycles. The Morgan fingerprint density at radius 3 is 2.88 bits per heavy atom. The number of fused-ring (bicyclic) bond motifs is 2. The van der Waals surface area contributed by atoms with E-state index in [1.807, 2.05) is 12.2 Å². The van der Waals surface area contributed by atoms with E-state index in [1.54, 1.807) is 25.3 Å². The number of rotatable bonds is 1. The lowest BCUT2D eigenvalue weighted by atomic mass is 10.1. The first-order valence-corrected chi connectivity index (χ1v) is 10.7. The molecule has 0 fully saturated rings. The molecule has 4 rings (SSSR count). The maximum absolute atomic E-state index is 12.6. The van der Waals surface area contributed by atoms with Crippen molar-refractivity contribution in [3.63, 3.8) is 0 Å². The Balaban J connectivity index is 1.62. The second kappa shape index (κ2) is 9.82. The van der Waals surface area contributed by atoms with Crippen LogP contribution in [0.1, 0.15) is 31.2 Å². The van der Waals surface area contributed by atoms with Gasteiger partial charge in [0.2, 0.25) is 5.91 Å². The van der Waals surface area contributed by atoms with Gasteiger partial charge in [0, 0.05) is 51.5 Å². The van der Waals surface area contributed by atoms with Crippen molar-refractivity contribution in [1.29, 1.82) is 0 Å². The van der Waals surface area contributed by atoms with E-state index in [-0.39, 0.29) is 17.9 Å². The zero-order valence-electron chi connectivity index (χ0n) is 18.3. The first-order valence-electron chi connectivity index (χ1n) is 10.7. The van der Waals surface area contributed by atoms with Gasteiger partial charge in [-0.15, -0.1) is 0 Å². The number of anilines is 2. The predicted molar refractivity (Wildman–Crippen MR) is 119 cm³/mol. The van der Waals surface area contributed by atoms with E-state index in [0.717, 1.165) is 24.3 Å². The summed E-state index contributed by atoms with van der Waals surface area (Å²) in [6.45, 7) is 1.56. The molecule has 0 spiro atoms. The highest BCUT2D eigenvalue weighted by atomic mass is 16.5. The summed E-state index contributed by atoms with van der Waals surface area (Å²) in [6, 6.07) is 0. The summed E-state index contributed by atoms with van der Waals surface area (Å²) in [6.07, 6.45) is 9.22. The predicted octanol–water partition coefficient (Wildman–Crippen LogP) is 1.62. The van der Waals surface area contributed by atoms with Crippen LogP contribution in [0.15, 0.2) is 36.1 Å². The molecule has 32 heavy (non-hydrogen) atoms. The molecule has 1 atom stereocenters. The lowest BCUT2D eigenvalue weighted by Gasteiger charge is -2.24. The van der Waals surface area contributed by atoms with Gasteiger partial charge in [-0.2, -0.15) is 0 Å². The highest BCUT2D eigenvalue weighted by Crippen LogP contribution is 2.34. The molecule has 0 radical (unpaired) electrons. The van der Waals surface area contributed by atoms with Crippen LogP contribution < -0.4 is 16.0 Å².